The molecule has 0 spiro atoms. The number of allylic oxidation sites excluding steroid dienone is 1. The molecule has 0 unspecified atom stereocenters. The smallest absolute Gasteiger partial charge is 0.196 e. The van der Waals surface area contributed by atoms with E-state index in [9.17, 15) is 4.79 Å². The summed E-state index contributed by atoms with van der Waals surface area (Å²) in [7, 11) is 0. The minimum Gasteiger partial charge on any atom is -0.505 e. The van der Waals surface area contributed by atoms with Crippen LogP contribution < -0.4 is 0 Å². The lowest BCUT2D eigenvalue weighted by molar-refractivity contribution is -0.117. The highest BCUT2D eigenvalue weighted by Gasteiger charge is 2.01. The Morgan fingerprint density at radius 1 is 1.67 bits per heavy atom. The topological polar surface area (TPSA) is 37.3 Å². The third-order valence-electron chi connectivity index (χ3n) is 0.884. The number of carbonyl (C=O) groups is 1. The molecule has 0 heterocycles. The van der Waals surface area contributed by atoms with Crippen LogP contribution in [-0.2, 0) is 4.79 Å². The van der Waals surface area contributed by atoms with E-state index in [-0.39, 0.29) is 11.5 Å². The van der Waals surface area contributed by atoms with Crippen molar-refractivity contribution < 1.29 is 9.90 Å². The fourth-order valence-electron chi connectivity index (χ4n) is 0.384. The van der Waals surface area contributed by atoms with Gasteiger partial charge in [0.05, 0.1) is 0 Å². The van der Waals surface area contributed by atoms with Gasteiger partial charge < -0.3 is 5.11 Å². The molecule has 0 saturated carbocycles. The second-order valence-corrected chi connectivity index (χ2v) is 2.14. The summed E-state index contributed by atoms with van der Waals surface area (Å²) < 4.78 is 0. The first-order valence-corrected chi connectivity index (χ1v) is 3.33. The molecule has 0 aromatic rings. The second-order valence-electron chi connectivity index (χ2n) is 1.70. The molecular formula is C6H10O2S. The predicted molar refractivity (Wildman–Crippen MR) is 39.9 cm³/mol. The second kappa shape index (κ2) is 4.44. The summed E-state index contributed by atoms with van der Waals surface area (Å²) in [5.41, 5.74) is 0. The lowest BCUT2D eigenvalue weighted by Crippen LogP contribution is -1.99. The number of carbonyl (C=O) groups excluding carboxylic acids is 1. The van der Waals surface area contributed by atoms with Crippen LogP contribution in [0.15, 0.2) is 12.3 Å². The Morgan fingerprint density at radius 2 is 2.22 bits per heavy atom. The fraction of sp³-hybridized carbons (Fsp3) is 0.500. The molecule has 0 aromatic heterocycles. The van der Waals surface area contributed by atoms with E-state index in [1.807, 2.05) is 0 Å². The zero-order chi connectivity index (χ0) is 7.28. The quantitative estimate of drug-likeness (QED) is 0.357. The van der Waals surface area contributed by atoms with Gasteiger partial charge in [-0.1, -0.05) is 6.58 Å². The first kappa shape index (κ1) is 8.56. The van der Waals surface area contributed by atoms with E-state index in [1.165, 1.54) is 0 Å². The van der Waals surface area contributed by atoms with Gasteiger partial charge in [0.1, 0.15) is 0 Å². The minimum absolute atomic E-state index is 0.288. The standard InChI is InChI=1S/C6H10O2S/c1-5(7)6(8)3-2-4-9/h7,9H,1-4H2. The molecule has 0 aliphatic carbocycles. The molecule has 0 fully saturated rings. The van der Waals surface area contributed by atoms with E-state index in [2.05, 4.69) is 19.2 Å². The van der Waals surface area contributed by atoms with Crippen molar-refractivity contribution in [3.8, 4) is 0 Å². The first-order valence-electron chi connectivity index (χ1n) is 2.70. The molecule has 0 aromatic carbocycles. The van der Waals surface area contributed by atoms with Gasteiger partial charge in [-0.15, -0.1) is 0 Å². The number of hydrogen-bond donors (Lipinski definition) is 2. The summed E-state index contributed by atoms with van der Waals surface area (Å²) in [5, 5.41) is 8.48. The monoisotopic (exact) mass is 146 g/mol. The number of hydrogen-bond acceptors (Lipinski definition) is 3. The summed E-state index contributed by atoms with van der Waals surface area (Å²) >= 11 is 3.90. The number of aliphatic hydroxyl groups excluding tert-OH is 1. The van der Waals surface area contributed by atoms with Crippen LogP contribution in [0, 0.1) is 0 Å². The Bertz CT molecular complexity index is 120. The largest absolute Gasteiger partial charge is 0.505 e. The van der Waals surface area contributed by atoms with Crippen molar-refractivity contribution in [3.63, 3.8) is 0 Å². The van der Waals surface area contributed by atoms with Crippen molar-refractivity contribution in [1.29, 1.82) is 0 Å². The van der Waals surface area contributed by atoms with Crippen LogP contribution in [0.1, 0.15) is 12.8 Å². The molecule has 0 aliphatic heterocycles. The molecule has 2 nitrogen and oxygen atoms in total. The van der Waals surface area contributed by atoms with Crippen LogP contribution in [-0.4, -0.2) is 16.6 Å². The average Bonchev–Trinajstić information content (AvgIpc) is 1.82. The number of aliphatic hydroxyl groups is 1. The molecule has 0 amide bonds. The number of rotatable bonds is 4. The van der Waals surface area contributed by atoms with Gasteiger partial charge in [0.25, 0.3) is 0 Å². The number of Topliss-reactive ketones (excluding diaryl/α,β-unsaturated/α-hetero) is 1. The Kier molecular flexibility index (Phi) is 4.22. The maximum atomic E-state index is 10.5. The van der Waals surface area contributed by atoms with E-state index >= 15 is 0 Å². The van der Waals surface area contributed by atoms with Crippen molar-refractivity contribution in [3.05, 3.63) is 12.3 Å². The molecule has 1 N–H and O–H groups in total. The van der Waals surface area contributed by atoms with E-state index < -0.39 is 0 Å². The van der Waals surface area contributed by atoms with Gasteiger partial charge in [-0.3, -0.25) is 4.79 Å². The van der Waals surface area contributed by atoms with Crippen LogP contribution in [0.3, 0.4) is 0 Å². The lowest BCUT2D eigenvalue weighted by atomic mass is 10.2. The summed E-state index contributed by atoms with van der Waals surface area (Å²) in [6, 6.07) is 0. The Morgan fingerprint density at radius 3 is 2.56 bits per heavy atom. The third-order valence-corrected chi connectivity index (χ3v) is 1.20. The normalized spacial score (nSPS) is 9.00. The molecule has 0 bridgehead atoms. The van der Waals surface area contributed by atoms with Crippen LogP contribution in [0.25, 0.3) is 0 Å². The predicted octanol–water partition coefficient (Wildman–Crippen LogP) is 1.34. The van der Waals surface area contributed by atoms with Crippen molar-refractivity contribution in [2.75, 3.05) is 5.75 Å². The number of thiol groups is 1. The Balaban J connectivity index is 3.39. The molecule has 9 heavy (non-hydrogen) atoms. The molecular weight excluding hydrogens is 136 g/mol. The van der Waals surface area contributed by atoms with Crippen LogP contribution >= 0.6 is 12.6 Å². The van der Waals surface area contributed by atoms with E-state index in [0.717, 1.165) is 0 Å². The summed E-state index contributed by atoms with van der Waals surface area (Å²) in [6.45, 7) is 3.09. The van der Waals surface area contributed by atoms with Crippen molar-refractivity contribution in [2.45, 2.75) is 12.8 Å². The van der Waals surface area contributed by atoms with Gasteiger partial charge in [0.2, 0.25) is 0 Å². The van der Waals surface area contributed by atoms with Crippen molar-refractivity contribution in [1.82, 2.24) is 0 Å². The Hall–Kier alpha value is -0.440. The van der Waals surface area contributed by atoms with E-state index in [1.54, 1.807) is 0 Å². The van der Waals surface area contributed by atoms with Gasteiger partial charge in [-0.2, -0.15) is 12.6 Å². The molecule has 52 valence electrons. The lowest BCUT2D eigenvalue weighted by Gasteiger charge is -1.93. The minimum atomic E-state index is -0.350. The maximum absolute atomic E-state index is 10.5. The highest BCUT2D eigenvalue weighted by Crippen LogP contribution is 1.97. The summed E-state index contributed by atoms with van der Waals surface area (Å²) in [5.74, 6) is 0.0276. The third kappa shape index (κ3) is 4.09. The Labute approximate surface area is 60.0 Å². The number of ketones is 1. The fourth-order valence-corrected chi connectivity index (χ4v) is 0.542. The molecule has 0 rings (SSSR count). The molecule has 0 atom stereocenters. The van der Waals surface area contributed by atoms with Crippen LogP contribution in [0.5, 0.6) is 0 Å². The maximum Gasteiger partial charge on any atom is 0.196 e. The van der Waals surface area contributed by atoms with Gasteiger partial charge in [0.15, 0.2) is 11.5 Å². The van der Waals surface area contributed by atoms with Gasteiger partial charge in [-0.25, -0.2) is 0 Å². The SMILES string of the molecule is C=C(O)C(=O)CCCS. The highest BCUT2D eigenvalue weighted by atomic mass is 32.1. The average molecular weight is 146 g/mol. The summed E-state index contributed by atoms with van der Waals surface area (Å²) in [4.78, 5) is 10.5. The van der Waals surface area contributed by atoms with Crippen LogP contribution in [0.2, 0.25) is 0 Å². The molecule has 0 saturated heterocycles. The van der Waals surface area contributed by atoms with Crippen molar-refractivity contribution >= 4 is 18.4 Å². The molecule has 0 aliphatic rings. The van der Waals surface area contributed by atoms with Gasteiger partial charge in [0, 0.05) is 6.42 Å². The van der Waals surface area contributed by atoms with E-state index in [4.69, 9.17) is 5.11 Å². The zero-order valence-electron chi connectivity index (χ0n) is 5.13. The highest BCUT2D eigenvalue weighted by molar-refractivity contribution is 7.80. The first-order chi connectivity index (χ1) is 4.18. The van der Waals surface area contributed by atoms with Gasteiger partial charge >= 0.3 is 0 Å². The van der Waals surface area contributed by atoms with Gasteiger partial charge in [-0.05, 0) is 12.2 Å². The van der Waals surface area contributed by atoms with E-state index in [0.29, 0.717) is 18.6 Å². The molecule has 0 radical (unpaired) electrons. The zero-order valence-corrected chi connectivity index (χ0v) is 6.03. The van der Waals surface area contributed by atoms with Crippen LogP contribution in [0.4, 0.5) is 0 Å². The summed E-state index contributed by atoms with van der Waals surface area (Å²) in [6.07, 6.45) is 1.04. The molecule has 3 heteroatoms. The van der Waals surface area contributed by atoms with Crippen molar-refractivity contribution in [2.24, 2.45) is 0 Å².